The van der Waals surface area contributed by atoms with E-state index >= 15 is 0 Å². The SMILES string of the molecule is OB(O)c1cccnc1C1CCCC1. The van der Waals surface area contributed by atoms with Crippen molar-refractivity contribution in [2.75, 3.05) is 0 Å². The zero-order valence-corrected chi connectivity index (χ0v) is 8.06. The molecule has 1 aromatic heterocycles. The summed E-state index contributed by atoms with van der Waals surface area (Å²) >= 11 is 0. The van der Waals surface area contributed by atoms with Crippen molar-refractivity contribution in [2.45, 2.75) is 31.6 Å². The summed E-state index contributed by atoms with van der Waals surface area (Å²) in [5.41, 5.74) is 1.44. The van der Waals surface area contributed by atoms with Crippen LogP contribution in [0, 0.1) is 0 Å². The van der Waals surface area contributed by atoms with E-state index in [-0.39, 0.29) is 0 Å². The van der Waals surface area contributed by atoms with Crippen LogP contribution in [0.15, 0.2) is 18.3 Å². The van der Waals surface area contributed by atoms with Crippen molar-refractivity contribution in [3.8, 4) is 0 Å². The molecule has 0 amide bonds. The van der Waals surface area contributed by atoms with Crippen LogP contribution < -0.4 is 5.46 Å². The van der Waals surface area contributed by atoms with Gasteiger partial charge in [-0.1, -0.05) is 18.9 Å². The van der Waals surface area contributed by atoms with Gasteiger partial charge in [0.1, 0.15) is 0 Å². The highest BCUT2D eigenvalue weighted by Crippen LogP contribution is 2.31. The normalized spacial score (nSPS) is 17.3. The number of hydrogen-bond acceptors (Lipinski definition) is 3. The molecule has 0 bridgehead atoms. The van der Waals surface area contributed by atoms with Crippen LogP contribution in [0.5, 0.6) is 0 Å². The first-order valence-electron chi connectivity index (χ1n) is 5.10. The Morgan fingerprint density at radius 2 is 2.00 bits per heavy atom. The lowest BCUT2D eigenvalue weighted by Gasteiger charge is -2.12. The summed E-state index contributed by atoms with van der Waals surface area (Å²) in [6.45, 7) is 0. The van der Waals surface area contributed by atoms with Gasteiger partial charge < -0.3 is 10.0 Å². The van der Waals surface area contributed by atoms with Crippen LogP contribution >= 0.6 is 0 Å². The number of nitrogens with zero attached hydrogens (tertiary/aromatic N) is 1. The van der Waals surface area contributed by atoms with Gasteiger partial charge in [0.05, 0.1) is 0 Å². The zero-order valence-electron chi connectivity index (χ0n) is 8.06. The Labute approximate surface area is 84.0 Å². The highest BCUT2D eigenvalue weighted by atomic mass is 16.4. The molecule has 1 saturated carbocycles. The molecule has 74 valence electrons. The van der Waals surface area contributed by atoms with E-state index in [1.54, 1.807) is 18.3 Å². The van der Waals surface area contributed by atoms with E-state index in [1.165, 1.54) is 12.8 Å². The quantitative estimate of drug-likeness (QED) is 0.666. The molecule has 1 aliphatic rings. The Balaban J connectivity index is 2.30. The summed E-state index contributed by atoms with van der Waals surface area (Å²) in [6, 6.07) is 3.48. The zero-order chi connectivity index (χ0) is 9.97. The highest BCUT2D eigenvalue weighted by molar-refractivity contribution is 6.59. The smallest absolute Gasteiger partial charge is 0.423 e. The fourth-order valence-corrected chi connectivity index (χ4v) is 2.19. The average Bonchev–Trinajstić information content (AvgIpc) is 2.70. The molecule has 0 radical (unpaired) electrons. The molecule has 0 aromatic carbocycles. The third kappa shape index (κ3) is 1.81. The average molecular weight is 191 g/mol. The second-order valence-corrected chi connectivity index (χ2v) is 3.83. The minimum absolute atomic E-state index is 0.424. The minimum Gasteiger partial charge on any atom is -0.423 e. The molecule has 2 N–H and O–H groups in total. The van der Waals surface area contributed by atoms with Crippen LogP contribution in [0.1, 0.15) is 37.3 Å². The Kier molecular flexibility index (Phi) is 2.84. The molecule has 0 unspecified atom stereocenters. The molecule has 3 nitrogen and oxygen atoms in total. The summed E-state index contributed by atoms with van der Waals surface area (Å²) in [6.07, 6.45) is 6.41. The van der Waals surface area contributed by atoms with Crippen molar-refractivity contribution in [2.24, 2.45) is 0 Å². The van der Waals surface area contributed by atoms with Gasteiger partial charge in [-0.15, -0.1) is 0 Å². The highest BCUT2D eigenvalue weighted by Gasteiger charge is 2.25. The number of hydrogen-bond donors (Lipinski definition) is 2. The molecular weight excluding hydrogens is 177 g/mol. The predicted molar refractivity (Wildman–Crippen MR) is 55.3 cm³/mol. The first-order valence-corrected chi connectivity index (χ1v) is 5.10. The van der Waals surface area contributed by atoms with Crippen LogP contribution in [0.2, 0.25) is 0 Å². The molecule has 0 saturated heterocycles. The molecule has 4 heteroatoms. The second-order valence-electron chi connectivity index (χ2n) is 3.83. The van der Waals surface area contributed by atoms with Crippen LogP contribution in [0.3, 0.4) is 0 Å². The van der Waals surface area contributed by atoms with E-state index in [0.717, 1.165) is 18.5 Å². The fraction of sp³-hybridized carbons (Fsp3) is 0.500. The Morgan fingerprint density at radius 1 is 1.29 bits per heavy atom. The van der Waals surface area contributed by atoms with E-state index in [2.05, 4.69) is 4.98 Å². The topological polar surface area (TPSA) is 53.4 Å². The number of rotatable bonds is 2. The molecule has 14 heavy (non-hydrogen) atoms. The molecule has 0 atom stereocenters. The number of pyridine rings is 1. The molecular formula is C10H14BNO2. The van der Waals surface area contributed by atoms with Gasteiger partial charge in [0, 0.05) is 23.3 Å². The first kappa shape index (κ1) is 9.68. The first-order chi connectivity index (χ1) is 6.79. The largest absolute Gasteiger partial charge is 0.490 e. The van der Waals surface area contributed by atoms with E-state index in [0.29, 0.717) is 11.4 Å². The molecule has 1 aliphatic carbocycles. The van der Waals surface area contributed by atoms with E-state index < -0.39 is 7.12 Å². The predicted octanol–water partition coefficient (Wildman–Crippen LogP) is 0.419. The molecule has 2 rings (SSSR count). The van der Waals surface area contributed by atoms with Crippen LogP contribution in [0.25, 0.3) is 0 Å². The van der Waals surface area contributed by atoms with Gasteiger partial charge in [-0.25, -0.2) is 0 Å². The standard InChI is InChI=1S/C10H14BNO2/c13-11(14)9-6-3-7-12-10(9)8-4-1-2-5-8/h3,6-8,13-14H,1-2,4-5H2. The molecule has 0 aliphatic heterocycles. The Hall–Kier alpha value is -0.865. The van der Waals surface area contributed by atoms with Crippen molar-refractivity contribution in [1.29, 1.82) is 0 Å². The summed E-state index contributed by atoms with van der Waals surface area (Å²) < 4.78 is 0. The van der Waals surface area contributed by atoms with E-state index in [9.17, 15) is 10.0 Å². The minimum atomic E-state index is -1.39. The number of aromatic nitrogens is 1. The summed E-state index contributed by atoms with van der Waals surface area (Å²) in [5.74, 6) is 0.424. The van der Waals surface area contributed by atoms with Gasteiger partial charge in [-0.3, -0.25) is 4.98 Å². The third-order valence-electron chi connectivity index (χ3n) is 2.89. The van der Waals surface area contributed by atoms with Gasteiger partial charge in [0.25, 0.3) is 0 Å². The van der Waals surface area contributed by atoms with Gasteiger partial charge in [-0.05, 0) is 18.9 Å². The lowest BCUT2D eigenvalue weighted by Crippen LogP contribution is -2.34. The lowest BCUT2D eigenvalue weighted by molar-refractivity contribution is 0.424. The van der Waals surface area contributed by atoms with Gasteiger partial charge in [-0.2, -0.15) is 0 Å². The van der Waals surface area contributed by atoms with Crippen molar-refractivity contribution in [3.05, 3.63) is 24.0 Å². The fourth-order valence-electron chi connectivity index (χ4n) is 2.19. The third-order valence-corrected chi connectivity index (χ3v) is 2.89. The summed E-state index contributed by atoms with van der Waals surface area (Å²) in [7, 11) is -1.39. The molecule has 1 aromatic rings. The molecule has 1 fully saturated rings. The monoisotopic (exact) mass is 191 g/mol. The summed E-state index contributed by atoms with van der Waals surface area (Å²) in [5, 5.41) is 18.4. The van der Waals surface area contributed by atoms with E-state index in [4.69, 9.17) is 0 Å². The Bertz CT molecular complexity index is 311. The Morgan fingerprint density at radius 3 is 2.64 bits per heavy atom. The van der Waals surface area contributed by atoms with Crippen molar-refractivity contribution >= 4 is 12.6 Å². The van der Waals surface area contributed by atoms with Crippen LogP contribution in [0.4, 0.5) is 0 Å². The van der Waals surface area contributed by atoms with Crippen molar-refractivity contribution in [3.63, 3.8) is 0 Å². The maximum absolute atomic E-state index is 9.18. The van der Waals surface area contributed by atoms with Gasteiger partial charge in [0.15, 0.2) is 0 Å². The van der Waals surface area contributed by atoms with Crippen LogP contribution in [-0.4, -0.2) is 22.2 Å². The van der Waals surface area contributed by atoms with Gasteiger partial charge >= 0.3 is 7.12 Å². The van der Waals surface area contributed by atoms with Crippen LogP contribution in [-0.2, 0) is 0 Å². The maximum atomic E-state index is 9.18. The summed E-state index contributed by atoms with van der Waals surface area (Å²) in [4.78, 5) is 4.26. The van der Waals surface area contributed by atoms with Crippen molar-refractivity contribution in [1.82, 2.24) is 4.98 Å². The molecule has 0 spiro atoms. The van der Waals surface area contributed by atoms with Gasteiger partial charge in [0.2, 0.25) is 0 Å². The second kappa shape index (κ2) is 4.11. The van der Waals surface area contributed by atoms with E-state index in [1.807, 2.05) is 0 Å². The van der Waals surface area contributed by atoms with Crippen molar-refractivity contribution < 1.29 is 10.0 Å². The lowest BCUT2D eigenvalue weighted by atomic mass is 9.76. The molecule has 1 heterocycles. The maximum Gasteiger partial charge on any atom is 0.490 e.